The Morgan fingerprint density at radius 2 is 1.35 bits per heavy atom. The van der Waals surface area contributed by atoms with Crippen LogP contribution in [0.1, 0.15) is 32.9 Å². The number of aliphatic imine (C=N–C) groups is 2. The van der Waals surface area contributed by atoms with Gasteiger partial charge in [0.05, 0.1) is 31.2 Å². The SMILES string of the molecule is COC(=O)C1=C/C(=C(\c2ccccc2)c2ccc[n-]2)N=C1.COC(=O)c1c[n-]c(/C(=C2/C=CC=N2)c2ccccc2)c1.[Zn+2]. The van der Waals surface area contributed by atoms with Crippen molar-refractivity contribution in [3.63, 3.8) is 0 Å². The molecule has 0 fully saturated rings. The molecule has 8 nitrogen and oxygen atoms in total. The number of aromatic nitrogens is 2. The molecule has 0 atom stereocenters. The van der Waals surface area contributed by atoms with Crippen LogP contribution in [0.5, 0.6) is 0 Å². The van der Waals surface area contributed by atoms with Crippen molar-refractivity contribution in [1.29, 1.82) is 0 Å². The third kappa shape index (κ3) is 7.20. The first-order valence-corrected chi connectivity index (χ1v) is 13.0. The van der Waals surface area contributed by atoms with E-state index in [0.717, 1.165) is 33.7 Å². The minimum Gasteiger partial charge on any atom is -0.664 e. The molecule has 43 heavy (non-hydrogen) atoms. The molecule has 0 saturated carbocycles. The maximum atomic E-state index is 11.6. The summed E-state index contributed by atoms with van der Waals surface area (Å²) in [6.45, 7) is 0. The maximum Gasteiger partial charge on any atom is 2.00 e. The van der Waals surface area contributed by atoms with E-state index in [4.69, 9.17) is 9.47 Å². The van der Waals surface area contributed by atoms with Crippen LogP contribution in [0.15, 0.2) is 136 Å². The van der Waals surface area contributed by atoms with Gasteiger partial charge in [-0.1, -0.05) is 78.9 Å². The number of ether oxygens (including phenoxy) is 2. The summed E-state index contributed by atoms with van der Waals surface area (Å²) in [7, 11) is 2.71. The average Bonchev–Trinajstić information content (AvgIpc) is 3.87. The number of hydrogen-bond donors (Lipinski definition) is 0. The van der Waals surface area contributed by atoms with Crippen molar-refractivity contribution in [2.75, 3.05) is 14.2 Å². The number of carbonyl (C=O) groups is 2. The fraction of sp³-hybridized carbons (Fsp3) is 0.0588. The average molecular weight is 620 g/mol. The Morgan fingerprint density at radius 3 is 1.91 bits per heavy atom. The third-order valence-electron chi connectivity index (χ3n) is 6.37. The predicted molar refractivity (Wildman–Crippen MR) is 162 cm³/mol. The second-order valence-corrected chi connectivity index (χ2v) is 9.00. The van der Waals surface area contributed by atoms with Crippen molar-refractivity contribution >= 4 is 35.5 Å². The molecule has 4 aromatic rings. The molecule has 0 N–H and O–H groups in total. The summed E-state index contributed by atoms with van der Waals surface area (Å²) >= 11 is 0. The van der Waals surface area contributed by atoms with Gasteiger partial charge in [0.25, 0.3) is 0 Å². The number of allylic oxidation sites excluding steroid dienone is 3. The van der Waals surface area contributed by atoms with Gasteiger partial charge in [0.1, 0.15) is 0 Å². The van der Waals surface area contributed by atoms with Crippen LogP contribution >= 0.6 is 0 Å². The van der Waals surface area contributed by atoms with Crippen molar-refractivity contribution in [3.05, 3.63) is 155 Å². The van der Waals surface area contributed by atoms with Crippen LogP contribution < -0.4 is 9.97 Å². The molecule has 6 rings (SSSR count). The summed E-state index contributed by atoms with van der Waals surface area (Å²) < 4.78 is 9.44. The molecule has 0 unspecified atom stereocenters. The standard InChI is InChI=1S/2C17H14N2O2.Zn/c2*1-21-17(20)13-10-15(19-11-13)16(14-8-5-9-18-14)12-6-3-2-4-7-12;/h2*2-11H,1H3,(H,18,19,20);/q;;+2/p-2. The van der Waals surface area contributed by atoms with Crippen molar-refractivity contribution in [2.24, 2.45) is 9.98 Å². The van der Waals surface area contributed by atoms with Crippen LogP contribution in [0.4, 0.5) is 0 Å². The Kier molecular flexibility index (Phi) is 10.5. The van der Waals surface area contributed by atoms with E-state index in [0.29, 0.717) is 22.5 Å². The fourth-order valence-electron chi connectivity index (χ4n) is 4.41. The molecule has 208 valence electrons. The largest absolute Gasteiger partial charge is 2.00 e. The fourth-order valence-corrected chi connectivity index (χ4v) is 4.41. The number of methoxy groups -OCH3 is 2. The Labute approximate surface area is 262 Å². The summed E-state index contributed by atoms with van der Waals surface area (Å²) in [6, 6.07) is 25.3. The summed E-state index contributed by atoms with van der Waals surface area (Å²) in [5.74, 6) is -0.784. The van der Waals surface area contributed by atoms with E-state index in [1.807, 2.05) is 84.9 Å². The van der Waals surface area contributed by atoms with Gasteiger partial charge in [0.15, 0.2) is 0 Å². The number of hydrogen-bond acceptors (Lipinski definition) is 6. The molecule has 0 amide bonds. The van der Waals surface area contributed by atoms with Gasteiger partial charge in [0.2, 0.25) is 0 Å². The third-order valence-corrected chi connectivity index (χ3v) is 6.37. The normalized spacial score (nSPS) is 15.2. The van der Waals surface area contributed by atoms with Crippen LogP contribution in [-0.4, -0.2) is 38.6 Å². The second kappa shape index (κ2) is 14.7. The van der Waals surface area contributed by atoms with Gasteiger partial charge in [-0.15, -0.1) is 11.4 Å². The van der Waals surface area contributed by atoms with Crippen molar-refractivity contribution in [2.45, 2.75) is 0 Å². The number of carbonyl (C=O) groups excluding carboxylic acids is 2. The molecule has 0 radical (unpaired) electrons. The van der Waals surface area contributed by atoms with Crippen molar-refractivity contribution in [1.82, 2.24) is 9.97 Å². The van der Waals surface area contributed by atoms with Crippen LogP contribution in [0.2, 0.25) is 0 Å². The maximum absolute atomic E-state index is 11.6. The van der Waals surface area contributed by atoms with Crippen LogP contribution in [0, 0.1) is 0 Å². The van der Waals surface area contributed by atoms with Crippen LogP contribution in [0.3, 0.4) is 0 Å². The quantitative estimate of drug-likeness (QED) is 0.211. The minimum absolute atomic E-state index is 0. The Morgan fingerprint density at radius 1 is 0.698 bits per heavy atom. The van der Waals surface area contributed by atoms with Gasteiger partial charge in [-0.2, -0.15) is 12.4 Å². The zero-order valence-electron chi connectivity index (χ0n) is 23.7. The van der Waals surface area contributed by atoms with E-state index in [2.05, 4.69) is 20.0 Å². The van der Waals surface area contributed by atoms with E-state index in [-0.39, 0.29) is 19.5 Å². The summed E-state index contributed by atoms with van der Waals surface area (Å²) in [5.41, 5.74) is 7.76. The van der Waals surface area contributed by atoms with E-state index in [1.54, 1.807) is 24.6 Å². The van der Waals surface area contributed by atoms with Crippen molar-refractivity contribution in [3.8, 4) is 0 Å². The number of rotatable bonds is 6. The van der Waals surface area contributed by atoms with Crippen molar-refractivity contribution < 1.29 is 38.5 Å². The molecule has 2 aliphatic heterocycles. The van der Waals surface area contributed by atoms with Gasteiger partial charge in [-0.25, -0.2) is 9.59 Å². The zero-order valence-corrected chi connectivity index (χ0v) is 26.6. The van der Waals surface area contributed by atoms with Gasteiger partial charge < -0.3 is 19.4 Å². The molecule has 0 spiro atoms. The minimum atomic E-state index is -0.392. The molecular weight excluding hydrogens is 594 g/mol. The van der Waals surface area contributed by atoms with Gasteiger partial charge in [-0.3, -0.25) is 9.98 Å². The van der Waals surface area contributed by atoms with Crippen LogP contribution in [0.25, 0.3) is 11.1 Å². The predicted octanol–water partition coefficient (Wildman–Crippen LogP) is 5.41. The number of benzene rings is 2. The molecule has 0 saturated heterocycles. The Hall–Kier alpha value is -5.14. The molecular formula is C34H26N4O4Zn. The first-order chi connectivity index (χ1) is 20.6. The Balaban J connectivity index is 0.000000192. The van der Waals surface area contributed by atoms with Crippen LogP contribution in [-0.2, 0) is 33.7 Å². The topological polar surface area (TPSA) is 106 Å². The smallest absolute Gasteiger partial charge is 0.664 e. The molecule has 4 heterocycles. The first kappa shape index (κ1) is 30.8. The van der Waals surface area contributed by atoms with E-state index in [1.165, 1.54) is 26.6 Å². The van der Waals surface area contributed by atoms with E-state index < -0.39 is 11.9 Å². The molecule has 0 bridgehead atoms. The number of nitrogens with zero attached hydrogens (tertiary/aromatic N) is 4. The molecule has 2 aromatic carbocycles. The monoisotopic (exact) mass is 618 g/mol. The molecule has 9 heteroatoms. The zero-order chi connectivity index (χ0) is 29.3. The van der Waals surface area contributed by atoms with Gasteiger partial charge in [0, 0.05) is 18.0 Å². The second-order valence-electron chi connectivity index (χ2n) is 9.00. The van der Waals surface area contributed by atoms with E-state index >= 15 is 0 Å². The van der Waals surface area contributed by atoms with Gasteiger partial charge in [-0.05, 0) is 40.5 Å². The molecule has 2 aromatic heterocycles. The summed E-state index contributed by atoms with van der Waals surface area (Å²) in [5, 5.41) is 0. The van der Waals surface area contributed by atoms with Gasteiger partial charge >= 0.3 is 31.4 Å². The molecule has 2 aliphatic rings. The summed E-state index contributed by atoms with van der Waals surface area (Å²) in [4.78, 5) is 40.6. The van der Waals surface area contributed by atoms with E-state index in [9.17, 15) is 9.59 Å². The Bertz CT molecular complexity index is 1750. The number of esters is 2. The molecule has 0 aliphatic carbocycles. The first-order valence-electron chi connectivity index (χ1n) is 13.0. The summed E-state index contributed by atoms with van der Waals surface area (Å²) in [6.07, 6.45) is 12.0.